The largest absolute Gasteiger partial charge is 0.444 e. The molecule has 0 saturated carbocycles. The molecule has 31 heavy (non-hydrogen) atoms. The van der Waals surface area contributed by atoms with Crippen molar-refractivity contribution in [3.63, 3.8) is 0 Å². The molecule has 0 bridgehead atoms. The van der Waals surface area contributed by atoms with Gasteiger partial charge in [-0.15, -0.1) is 0 Å². The van der Waals surface area contributed by atoms with Gasteiger partial charge < -0.3 is 15.0 Å². The second kappa shape index (κ2) is 9.79. The molecule has 1 fully saturated rings. The van der Waals surface area contributed by atoms with E-state index in [1.54, 1.807) is 23.1 Å². The van der Waals surface area contributed by atoms with Gasteiger partial charge in [-0.3, -0.25) is 5.32 Å². The lowest BCUT2D eigenvalue weighted by atomic mass is 9.89. The molecular weight excluding hydrogens is 437 g/mol. The van der Waals surface area contributed by atoms with Gasteiger partial charge in [-0.1, -0.05) is 41.4 Å². The molecule has 1 saturated heterocycles. The standard InChI is InChI=1S/C23H27Cl2N3O3/c1-23(2,3)31-22(30)26-17-9-7-15(8-10-17)16-11-13-28(14-12-16)21(29)27-20-18(24)5-4-6-19(20)25/h4-10,16H,11-14H2,1-3H3,(H,26,30)(H,27,29). The second-order valence-electron chi connectivity index (χ2n) is 8.54. The molecule has 0 aliphatic carbocycles. The molecule has 0 spiro atoms. The highest BCUT2D eigenvalue weighted by Gasteiger charge is 2.25. The second-order valence-corrected chi connectivity index (χ2v) is 9.35. The van der Waals surface area contributed by atoms with Crippen molar-refractivity contribution >= 4 is 46.7 Å². The van der Waals surface area contributed by atoms with Crippen LogP contribution in [-0.2, 0) is 4.74 Å². The van der Waals surface area contributed by atoms with Crippen molar-refractivity contribution in [2.45, 2.75) is 45.1 Å². The van der Waals surface area contributed by atoms with Gasteiger partial charge in [0.1, 0.15) is 5.60 Å². The summed E-state index contributed by atoms with van der Waals surface area (Å²) in [6.45, 7) is 6.75. The third-order valence-electron chi connectivity index (χ3n) is 5.00. The number of carbonyl (C=O) groups is 2. The fraction of sp³-hybridized carbons (Fsp3) is 0.391. The first-order chi connectivity index (χ1) is 14.6. The smallest absolute Gasteiger partial charge is 0.412 e. The molecular formula is C23H27Cl2N3O3. The van der Waals surface area contributed by atoms with Gasteiger partial charge in [0.2, 0.25) is 0 Å². The Kier molecular flexibility index (Phi) is 7.34. The number of halogens is 2. The monoisotopic (exact) mass is 463 g/mol. The molecule has 2 aromatic carbocycles. The molecule has 0 radical (unpaired) electrons. The third-order valence-corrected chi connectivity index (χ3v) is 5.63. The first kappa shape index (κ1) is 23.2. The van der Waals surface area contributed by atoms with E-state index in [9.17, 15) is 9.59 Å². The van der Waals surface area contributed by atoms with E-state index in [2.05, 4.69) is 10.6 Å². The van der Waals surface area contributed by atoms with Crippen LogP contribution in [-0.4, -0.2) is 35.7 Å². The molecule has 2 aromatic rings. The number of piperidine rings is 1. The van der Waals surface area contributed by atoms with Crippen LogP contribution in [0.3, 0.4) is 0 Å². The lowest BCUT2D eigenvalue weighted by molar-refractivity contribution is 0.0636. The highest BCUT2D eigenvalue weighted by molar-refractivity contribution is 6.39. The summed E-state index contributed by atoms with van der Waals surface area (Å²) in [4.78, 5) is 26.3. The number of benzene rings is 2. The van der Waals surface area contributed by atoms with E-state index in [0.29, 0.717) is 40.4 Å². The number of ether oxygens (including phenoxy) is 1. The number of rotatable bonds is 3. The number of anilines is 2. The van der Waals surface area contributed by atoms with E-state index in [1.807, 2.05) is 45.0 Å². The lowest BCUT2D eigenvalue weighted by Gasteiger charge is -2.32. The Labute approximate surface area is 192 Å². The number of carbonyl (C=O) groups excluding carboxylic acids is 2. The molecule has 0 unspecified atom stereocenters. The van der Waals surface area contributed by atoms with Gasteiger partial charge >= 0.3 is 12.1 Å². The predicted octanol–water partition coefficient (Wildman–Crippen LogP) is 6.75. The van der Waals surface area contributed by atoms with Gasteiger partial charge in [0, 0.05) is 18.8 Å². The average molecular weight is 464 g/mol. The van der Waals surface area contributed by atoms with Gasteiger partial charge in [0.25, 0.3) is 0 Å². The summed E-state index contributed by atoms with van der Waals surface area (Å²) in [6.07, 6.45) is 1.23. The van der Waals surface area contributed by atoms with Crippen LogP contribution >= 0.6 is 23.2 Å². The summed E-state index contributed by atoms with van der Waals surface area (Å²) in [5.74, 6) is 0.350. The number of likely N-dealkylation sites (tertiary alicyclic amines) is 1. The molecule has 0 atom stereocenters. The SMILES string of the molecule is CC(C)(C)OC(=O)Nc1ccc(C2CCN(C(=O)Nc3c(Cl)cccc3Cl)CC2)cc1. The quantitative estimate of drug-likeness (QED) is 0.528. The molecule has 1 heterocycles. The molecule has 3 rings (SSSR count). The van der Waals surface area contributed by atoms with Crippen LogP contribution in [0.15, 0.2) is 42.5 Å². The van der Waals surface area contributed by atoms with Crippen molar-refractivity contribution in [2.75, 3.05) is 23.7 Å². The molecule has 1 aliphatic rings. The molecule has 2 N–H and O–H groups in total. The minimum Gasteiger partial charge on any atom is -0.444 e. The number of nitrogens with one attached hydrogen (secondary N) is 2. The zero-order valence-electron chi connectivity index (χ0n) is 17.9. The third kappa shape index (κ3) is 6.52. The van der Waals surface area contributed by atoms with Crippen molar-refractivity contribution in [1.82, 2.24) is 4.90 Å². The molecule has 1 aliphatic heterocycles. The van der Waals surface area contributed by atoms with Crippen molar-refractivity contribution in [3.05, 3.63) is 58.1 Å². The van der Waals surface area contributed by atoms with Crippen LogP contribution in [0.1, 0.15) is 45.1 Å². The normalized spacial score (nSPS) is 14.8. The number of nitrogens with zero attached hydrogens (tertiary/aromatic N) is 1. The van der Waals surface area contributed by atoms with Gasteiger partial charge in [0.05, 0.1) is 15.7 Å². The Bertz CT molecular complexity index is 914. The highest BCUT2D eigenvalue weighted by atomic mass is 35.5. The molecule has 8 heteroatoms. The van der Waals surface area contributed by atoms with E-state index in [-0.39, 0.29) is 6.03 Å². The minimum atomic E-state index is -0.540. The predicted molar refractivity (Wildman–Crippen MR) is 125 cm³/mol. The summed E-state index contributed by atoms with van der Waals surface area (Å²) in [5, 5.41) is 6.38. The zero-order chi connectivity index (χ0) is 22.6. The van der Waals surface area contributed by atoms with Gasteiger partial charge in [-0.05, 0) is 69.4 Å². The molecule has 6 nitrogen and oxygen atoms in total. The number of urea groups is 1. The van der Waals surface area contributed by atoms with Crippen molar-refractivity contribution in [1.29, 1.82) is 0 Å². The Morgan fingerprint density at radius 2 is 1.55 bits per heavy atom. The number of para-hydroxylation sites is 1. The maximum Gasteiger partial charge on any atom is 0.412 e. The van der Waals surface area contributed by atoms with Crippen LogP contribution in [0.5, 0.6) is 0 Å². The maximum absolute atomic E-state index is 12.6. The van der Waals surface area contributed by atoms with Crippen LogP contribution in [0.2, 0.25) is 10.0 Å². The van der Waals surface area contributed by atoms with E-state index in [1.165, 1.54) is 5.56 Å². The Morgan fingerprint density at radius 1 is 0.968 bits per heavy atom. The summed E-state index contributed by atoms with van der Waals surface area (Å²) in [7, 11) is 0. The number of hydrogen-bond acceptors (Lipinski definition) is 3. The summed E-state index contributed by atoms with van der Waals surface area (Å²) in [6, 6.07) is 12.7. The summed E-state index contributed by atoms with van der Waals surface area (Å²) >= 11 is 12.3. The number of hydrogen-bond donors (Lipinski definition) is 2. The van der Waals surface area contributed by atoms with Gasteiger partial charge in [-0.25, -0.2) is 9.59 Å². The molecule has 0 aromatic heterocycles. The maximum atomic E-state index is 12.6. The Balaban J connectivity index is 1.52. The van der Waals surface area contributed by atoms with Crippen LogP contribution in [0, 0.1) is 0 Å². The van der Waals surface area contributed by atoms with Gasteiger partial charge in [-0.2, -0.15) is 0 Å². The van der Waals surface area contributed by atoms with Crippen molar-refractivity contribution in [3.8, 4) is 0 Å². The highest BCUT2D eigenvalue weighted by Crippen LogP contribution is 2.32. The van der Waals surface area contributed by atoms with E-state index in [4.69, 9.17) is 27.9 Å². The summed E-state index contributed by atoms with van der Waals surface area (Å²) in [5.41, 5.74) is 1.77. The molecule has 3 amide bonds. The summed E-state index contributed by atoms with van der Waals surface area (Å²) < 4.78 is 5.27. The van der Waals surface area contributed by atoms with Crippen molar-refractivity contribution in [2.24, 2.45) is 0 Å². The molecule has 166 valence electrons. The van der Waals surface area contributed by atoms with Crippen LogP contribution in [0.25, 0.3) is 0 Å². The fourth-order valence-corrected chi connectivity index (χ4v) is 3.97. The zero-order valence-corrected chi connectivity index (χ0v) is 19.4. The topological polar surface area (TPSA) is 70.7 Å². The van der Waals surface area contributed by atoms with Gasteiger partial charge in [0.15, 0.2) is 0 Å². The minimum absolute atomic E-state index is 0.203. The Hall–Kier alpha value is -2.44. The first-order valence-electron chi connectivity index (χ1n) is 10.2. The van der Waals surface area contributed by atoms with Crippen LogP contribution in [0.4, 0.5) is 21.0 Å². The van der Waals surface area contributed by atoms with E-state index < -0.39 is 11.7 Å². The fourth-order valence-electron chi connectivity index (χ4n) is 3.48. The van der Waals surface area contributed by atoms with Crippen LogP contribution < -0.4 is 10.6 Å². The van der Waals surface area contributed by atoms with E-state index in [0.717, 1.165) is 12.8 Å². The lowest BCUT2D eigenvalue weighted by Crippen LogP contribution is -2.40. The Morgan fingerprint density at radius 3 is 2.10 bits per heavy atom. The van der Waals surface area contributed by atoms with Crippen molar-refractivity contribution < 1.29 is 14.3 Å². The first-order valence-corrected chi connectivity index (χ1v) is 11.0. The number of amides is 3. The van der Waals surface area contributed by atoms with E-state index >= 15 is 0 Å². The average Bonchev–Trinajstić information content (AvgIpc) is 2.70.